The highest BCUT2D eigenvalue weighted by molar-refractivity contribution is 6.31. The molecule has 3 aromatic carbocycles. The molecule has 28 heavy (non-hydrogen) atoms. The van der Waals surface area contributed by atoms with Gasteiger partial charge in [-0.3, -0.25) is 4.79 Å². The number of rotatable bonds is 5. The lowest BCUT2D eigenvalue weighted by atomic mass is 9.99. The normalized spacial score (nSPS) is 10.9. The molecule has 3 nitrogen and oxygen atoms in total. The van der Waals surface area contributed by atoms with E-state index in [0.717, 1.165) is 27.6 Å². The quantitative estimate of drug-likeness (QED) is 0.456. The lowest BCUT2D eigenvalue weighted by Gasteiger charge is -2.10. The molecule has 2 N–H and O–H groups in total. The molecule has 0 atom stereocenters. The summed E-state index contributed by atoms with van der Waals surface area (Å²) in [7, 11) is 0. The predicted molar refractivity (Wildman–Crippen MR) is 111 cm³/mol. The number of H-pyrrole nitrogens is 1. The fraction of sp³-hybridized carbons (Fsp3) is 0.0870. The molecule has 1 aromatic heterocycles. The second-order valence-electron chi connectivity index (χ2n) is 6.56. The van der Waals surface area contributed by atoms with Crippen LogP contribution in [-0.2, 0) is 6.42 Å². The summed E-state index contributed by atoms with van der Waals surface area (Å²) >= 11 is 6.09. The van der Waals surface area contributed by atoms with Gasteiger partial charge in [-0.2, -0.15) is 0 Å². The molecule has 0 radical (unpaired) electrons. The largest absolute Gasteiger partial charge is 0.361 e. The summed E-state index contributed by atoms with van der Waals surface area (Å²) in [6.45, 7) is 0.496. The molecule has 5 heteroatoms. The number of carbonyl (C=O) groups is 1. The van der Waals surface area contributed by atoms with Crippen molar-refractivity contribution in [3.05, 3.63) is 94.9 Å². The third-order valence-electron chi connectivity index (χ3n) is 4.74. The van der Waals surface area contributed by atoms with Gasteiger partial charge in [-0.05, 0) is 59.5 Å². The molecule has 0 bridgehead atoms. The minimum Gasteiger partial charge on any atom is -0.361 e. The van der Waals surface area contributed by atoms with Crippen LogP contribution in [0.15, 0.2) is 72.9 Å². The van der Waals surface area contributed by atoms with Crippen LogP contribution in [0.3, 0.4) is 0 Å². The van der Waals surface area contributed by atoms with E-state index in [4.69, 9.17) is 11.6 Å². The third-order valence-corrected chi connectivity index (χ3v) is 4.97. The van der Waals surface area contributed by atoms with E-state index in [-0.39, 0.29) is 11.7 Å². The Morgan fingerprint density at radius 3 is 2.64 bits per heavy atom. The zero-order valence-electron chi connectivity index (χ0n) is 15.0. The van der Waals surface area contributed by atoms with Crippen molar-refractivity contribution in [2.75, 3.05) is 6.54 Å². The Kier molecular flexibility index (Phi) is 5.13. The number of hydrogen-bond acceptors (Lipinski definition) is 1. The molecule has 0 fully saturated rings. The summed E-state index contributed by atoms with van der Waals surface area (Å²) < 4.78 is 13.2. The number of halogens is 2. The maximum absolute atomic E-state index is 13.2. The van der Waals surface area contributed by atoms with Gasteiger partial charge in [-0.1, -0.05) is 41.9 Å². The van der Waals surface area contributed by atoms with Crippen LogP contribution in [0.2, 0.25) is 5.02 Å². The molecular weight excluding hydrogens is 375 g/mol. The van der Waals surface area contributed by atoms with Gasteiger partial charge in [0.15, 0.2) is 0 Å². The van der Waals surface area contributed by atoms with E-state index in [9.17, 15) is 9.18 Å². The molecule has 4 aromatic rings. The number of aromatic amines is 1. The summed E-state index contributed by atoms with van der Waals surface area (Å²) in [4.78, 5) is 16.0. The molecule has 4 rings (SSSR count). The number of amides is 1. The van der Waals surface area contributed by atoms with Crippen molar-refractivity contribution in [2.45, 2.75) is 6.42 Å². The summed E-state index contributed by atoms with van der Waals surface area (Å²) in [5.41, 5.74) is 4.27. The Labute approximate surface area is 167 Å². The van der Waals surface area contributed by atoms with Crippen LogP contribution in [0.4, 0.5) is 4.39 Å². The fourth-order valence-electron chi connectivity index (χ4n) is 3.33. The average molecular weight is 393 g/mol. The van der Waals surface area contributed by atoms with Crippen molar-refractivity contribution in [2.24, 2.45) is 0 Å². The minimum absolute atomic E-state index is 0.155. The van der Waals surface area contributed by atoms with Gasteiger partial charge in [0.2, 0.25) is 0 Å². The Bertz CT molecular complexity index is 1140. The van der Waals surface area contributed by atoms with Crippen LogP contribution >= 0.6 is 11.6 Å². The van der Waals surface area contributed by atoms with Crippen molar-refractivity contribution in [3.8, 4) is 11.1 Å². The number of hydrogen-bond donors (Lipinski definition) is 2. The Morgan fingerprint density at radius 1 is 1.04 bits per heavy atom. The van der Waals surface area contributed by atoms with E-state index in [1.807, 2.05) is 42.6 Å². The summed E-state index contributed by atoms with van der Waals surface area (Å²) in [5, 5.41) is 4.73. The maximum Gasteiger partial charge on any atom is 0.251 e. The monoisotopic (exact) mass is 392 g/mol. The van der Waals surface area contributed by atoms with Gasteiger partial charge >= 0.3 is 0 Å². The standard InChI is InChI=1S/C23H18ClFN2O/c24-17-7-10-22-21(13-17)16(14-27-22)11-12-26-23(28)20-4-2-1-3-19(20)15-5-8-18(25)9-6-15/h1-10,13-14,27H,11-12H2,(H,26,28). The third kappa shape index (κ3) is 3.78. The van der Waals surface area contributed by atoms with Crippen molar-refractivity contribution >= 4 is 28.4 Å². The van der Waals surface area contributed by atoms with Gasteiger partial charge in [0.05, 0.1) is 0 Å². The summed E-state index contributed by atoms with van der Waals surface area (Å²) in [6.07, 6.45) is 2.63. The van der Waals surface area contributed by atoms with Crippen LogP contribution in [0.25, 0.3) is 22.0 Å². The molecular formula is C23H18ClFN2O. The van der Waals surface area contributed by atoms with Crippen LogP contribution in [0.5, 0.6) is 0 Å². The smallest absolute Gasteiger partial charge is 0.251 e. The Hall–Kier alpha value is -3.11. The molecule has 1 amide bonds. The zero-order valence-corrected chi connectivity index (χ0v) is 15.8. The number of aromatic nitrogens is 1. The number of nitrogens with one attached hydrogen (secondary N) is 2. The van der Waals surface area contributed by atoms with Gasteiger partial charge in [0.1, 0.15) is 5.82 Å². The fourth-order valence-corrected chi connectivity index (χ4v) is 3.50. The minimum atomic E-state index is -0.301. The van der Waals surface area contributed by atoms with Crippen molar-refractivity contribution in [1.82, 2.24) is 10.3 Å². The highest BCUT2D eigenvalue weighted by Crippen LogP contribution is 2.25. The van der Waals surface area contributed by atoms with Gasteiger partial charge in [0.25, 0.3) is 5.91 Å². The number of fused-ring (bicyclic) bond motifs is 1. The molecule has 0 saturated heterocycles. The van der Waals surface area contributed by atoms with Crippen molar-refractivity contribution in [3.63, 3.8) is 0 Å². The van der Waals surface area contributed by atoms with Crippen LogP contribution in [-0.4, -0.2) is 17.4 Å². The Balaban J connectivity index is 1.48. The predicted octanol–water partition coefficient (Wildman–Crippen LogP) is 5.60. The number of benzene rings is 3. The van der Waals surface area contributed by atoms with Gasteiger partial charge in [0, 0.05) is 34.2 Å². The molecule has 0 unspecified atom stereocenters. The second kappa shape index (κ2) is 7.87. The highest BCUT2D eigenvalue weighted by Gasteiger charge is 2.12. The van der Waals surface area contributed by atoms with Crippen LogP contribution < -0.4 is 5.32 Å². The first kappa shape index (κ1) is 18.3. The first-order valence-electron chi connectivity index (χ1n) is 9.00. The van der Waals surface area contributed by atoms with E-state index in [1.54, 1.807) is 18.2 Å². The highest BCUT2D eigenvalue weighted by atomic mass is 35.5. The summed E-state index contributed by atoms with van der Waals surface area (Å²) in [5.74, 6) is -0.456. The average Bonchev–Trinajstić information content (AvgIpc) is 3.10. The summed E-state index contributed by atoms with van der Waals surface area (Å²) in [6, 6.07) is 19.2. The van der Waals surface area contributed by atoms with Gasteiger partial charge in [-0.25, -0.2) is 4.39 Å². The lowest BCUT2D eigenvalue weighted by Crippen LogP contribution is -2.26. The van der Waals surface area contributed by atoms with E-state index >= 15 is 0 Å². The van der Waals surface area contributed by atoms with Gasteiger partial charge < -0.3 is 10.3 Å². The van der Waals surface area contributed by atoms with E-state index < -0.39 is 0 Å². The second-order valence-corrected chi connectivity index (χ2v) is 7.00. The van der Waals surface area contributed by atoms with E-state index in [2.05, 4.69) is 10.3 Å². The topological polar surface area (TPSA) is 44.9 Å². The first-order valence-corrected chi connectivity index (χ1v) is 9.38. The molecule has 0 aliphatic heterocycles. The molecule has 0 aliphatic carbocycles. The number of carbonyl (C=O) groups excluding carboxylic acids is 1. The molecule has 0 aliphatic rings. The van der Waals surface area contributed by atoms with Crippen LogP contribution in [0.1, 0.15) is 15.9 Å². The van der Waals surface area contributed by atoms with Crippen molar-refractivity contribution < 1.29 is 9.18 Å². The molecule has 140 valence electrons. The molecule has 1 heterocycles. The SMILES string of the molecule is O=C(NCCc1c[nH]c2ccc(Cl)cc12)c1ccccc1-c1ccc(F)cc1. The lowest BCUT2D eigenvalue weighted by molar-refractivity contribution is 0.0955. The Morgan fingerprint density at radius 2 is 1.82 bits per heavy atom. The van der Waals surface area contributed by atoms with Gasteiger partial charge in [-0.15, -0.1) is 0 Å². The maximum atomic E-state index is 13.2. The van der Waals surface area contributed by atoms with Crippen molar-refractivity contribution in [1.29, 1.82) is 0 Å². The molecule has 0 saturated carbocycles. The zero-order chi connectivity index (χ0) is 19.5. The van der Waals surface area contributed by atoms with Crippen LogP contribution in [0, 0.1) is 5.82 Å². The van der Waals surface area contributed by atoms with E-state index in [0.29, 0.717) is 23.6 Å². The van der Waals surface area contributed by atoms with E-state index in [1.165, 1.54) is 12.1 Å². The molecule has 0 spiro atoms. The first-order chi connectivity index (χ1) is 13.6.